The second-order valence-corrected chi connectivity index (χ2v) is 5.26. The standard InChI is InChI=1S/C13H27NO4/c1-11(2)10-18-9-8-17-7-5-4-6-13(3,14)12(15)16/h11H,4-10,14H2,1-3H3,(H,15,16). The van der Waals surface area contributed by atoms with Crippen LogP contribution in [-0.2, 0) is 14.3 Å². The topological polar surface area (TPSA) is 81.8 Å². The summed E-state index contributed by atoms with van der Waals surface area (Å²) >= 11 is 0. The van der Waals surface area contributed by atoms with E-state index >= 15 is 0 Å². The smallest absolute Gasteiger partial charge is 0.323 e. The highest BCUT2D eigenvalue weighted by Crippen LogP contribution is 2.10. The second-order valence-electron chi connectivity index (χ2n) is 5.26. The van der Waals surface area contributed by atoms with Gasteiger partial charge in [0, 0.05) is 13.2 Å². The van der Waals surface area contributed by atoms with E-state index in [1.807, 2.05) is 0 Å². The number of nitrogens with two attached hydrogens (primary N) is 1. The highest BCUT2D eigenvalue weighted by Gasteiger charge is 2.26. The van der Waals surface area contributed by atoms with Crippen LogP contribution in [0.4, 0.5) is 0 Å². The molecule has 0 aromatic carbocycles. The first-order valence-electron chi connectivity index (χ1n) is 6.54. The lowest BCUT2D eigenvalue weighted by Crippen LogP contribution is -2.44. The van der Waals surface area contributed by atoms with E-state index in [1.165, 1.54) is 6.92 Å². The van der Waals surface area contributed by atoms with Crippen LogP contribution >= 0.6 is 0 Å². The summed E-state index contributed by atoms with van der Waals surface area (Å²) in [7, 11) is 0. The van der Waals surface area contributed by atoms with Gasteiger partial charge in [-0.2, -0.15) is 0 Å². The molecular weight excluding hydrogens is 234 g/mol. The Morgan fingerprint density at radius 1 is 1.22 bits per heavy atom. The fraction of sp³-hybridized carbons (Fsp3) is 0.923. The van der Waals surface area contributed by atoms with Crippen molar-refractivity contribution in [1.29, 1.82) is 0 Å². The molecule has 0 saturated heterocycles. The van der Waals surface area contributed by atoms with Crippen LogP contribution in [0, 0.1) is 5.92 Å². The molecule has 5 nitrogen and oxygen atoms in total. The average molecular weight is 261 g/mol. The van der Waals surface area contributed by atoms with E-state index in [2.05, 4.69) is 13.8 Å². The lowest BCUT2D eigenvalue weighted by molar-refractivity contribution is -0.142. The zero-order chi connectivity index (χ0) is 14.0. The van der Waals surface area contributed by atoms with E-state index < -0.39 is 11.5 Å². The van der Waals surface area contributed by atoms with E-state index in [4.69, 9.17) is 20.3 Å². The van der Waals surface area contributed by atoms with Gasteiger partial charge in [-0.05, 0) is 32.1 Å². The molecule has 5 heteroatoms. The summed E-state index contributed by atoms with van der Waals surface area (Å²) in [6.45, 7) is 8.33. The van der Waals surface area contributed by atoms with Gasteiger partial charge >= 0.3 is 5.97 Å². The van der Waals surface area contributed by atoms with Gasteiger partial charge < -0.3 is 20.3 Å². The van der Waals surface area contributed by atoms with Crippen LogP contribution in [0.15, 0.2) is 0 Å². The number of unbranched alkanes of at least 4 members (excludes halogenated alkanes) is 1. The molecule has 0 spiro atoms. The van der Waals surface area contributed by atoms with E-state index in [0.717, 1.165) is 19.4 Å². The summed E-state index contributed by atoms with van der Waals surface area (Å²) in [5.41, 5.74) is 4.48. The van der Waals surface area contributed by atoms with Gasteiger partial charge in [0.15, 0.2) is 0 Å². The molecule has 18 heavy (non-hydrogen) atoms. The number of rotatable bonds is 11. The van der Waals surface area contributed by atoms with Crippen molar-refractivity contribution < 1.29 is 19.4 Å². The molecule has 0 bridgehead atoms. The Kier molecular flexibility index (Phi) is 8.97. The van der Waals surface area contributed by atoms with Gasteiger partial charge in [0.25, 0.3) is 0 Å². The second kappa shape index (κ2) is 9.30. The van der Waals surface area contributed by atoms with Gasteiger partial charge in [-0.3, -0.25) is 4.79 Å². The minimum absolute atomic E-state index is 0.468. The molecule has 0 heterocycles. The number of aliphatic carboxylic acids is 1. The first kappa shape index (κ1) is 17.4. The molecule has 0 aromatic rings. The van der Waals surface area contributed by atoms with Gasteiger partial charge in [0.1, 0.15) is 5.54 Å². The Bertz CT molecular complexity index is 229. The number of carboxylic acids is 1. The summed E-state index contributed by atoms with van der Waals surface area (Å²) in [4.78, 5) is 10.7. The number of ether oxygens (including phenoxy) is 2. The van der Waals surface area contributed by atoms with E-state index in [-0.39, 0.29) is 0 Å². The Balaban J connectivity index is 3.29. The predicted octanol–water partition coefficient (Wildman–Crippen LogP) is 1.65. The van der Waals surface area contributed by atoms with Crippen LogP contribution in [-0.4, -0.2) is 43.0 Å². The summed E-state index contributed by atoms with van der Waals surface area (Å²) in [6, 6.07) is 0. The van der Waals surface area contributed by atoms with Gasteiger partial charge in [-0.25, -0.2) is 0 Å². The molecule has 0 aliphatic heterocycles. The highest BCUT2D eigenvalue weighted by molar-refractivity contribution is 5.77. The molecule has 3 N–H and O–H groups in total. The third-order valence-corrected chi connectivity index (χ3v) is 2.55. The lowest BCUT2D eigenvalue weighted by Gasteiger charge is -2.18. The number of hydrogen-bond donors (Lipinski definition) is 2. The Labute approximate surface area is 110 Å². The van der Waals surface area contributed by atoms with Crippen LogP contribution in [0.3, 0.4) is 0 Å². The zero-order valence-corrected chi connectivity index (χ0v) is 11.8. The van der Waals surface area contributed by atoms with Crippen molar-refractivity contribution in [2.45, 2.75) is 45.6 Å². The van der Waals surface area contributed by atoms with Crippen molar-refractivity contribution in [3.63, 3.8) is 0 Å². The largest absolute Gasteiger partial charge is 0.480 e. The van der Waals surface area contributed by atoms with Crippen molar-refractivity contribution in [3.05, 3.63) is 0 Å². The van der Waals surface area contributed by atoms with E-state index in [1.54, 1.807) is 0 Å². The van der Waals surface area contributed by atoms with Crippen LogP contribution in [0.5, 0.6) is 0 Å². The molecule has 0 fully saturated rings. The van der Waals surface area contributed by atoms with E-state index in [0.29, 0.717) is 32.2 Å². The molecule has 0 rings (SSSR count). The van der Waals surface area contributed by atoms with Crippen LogP contribution in [0.1, 0.15) is 40.0 Å². The van der Waals surface area contributed by atoms with Gasteiger partial charge in [-0.15, -0.1) is 0 Å². The summed E-state index contributed by atoms with van der Waals surface area (Å²) in [5, 5.41) is 8.81. The minimum Gasteiger partial charge on any atom is -0.480 e. The Morgan fingerprint density at radius 3 is 2.39 bits per heavy atom. The molecule has 0 amide bonds. The predicted molar refractivity (Wildman–Crippen MR) is 70.6 cm³/mol. The van der Waals surface area contributed by atoms with Crippen molar-refractivity contribution in [2.24, 2.45) is 11.7 Å². The maximum absolute atomic E-state index is 10.7. The third-order valence-electron chi connectivity index (χ3n) is 2.55. The monoisotopic (exact) mass is 261 g/mol. The molecule has 0 aliphatic rings. The van der Waals surface area contributed by atoms with Crippen LogP contribution < -0.4 is 5.73 Å². The molecule has 0 aliphatic carbocycles. The molecule has 0 radical (unpaired) electrons. The van der Waals surface area contributed by atoms with Gasteiger partial charge in [-0.1, -0.05) is 13.8 Å². The maximum atomic E-state index is 10.7. The van der Waals surface area contributed by atoms with Gasteiger partial charge in [0.05, 0.1) is 13.2 Å². The SMILES string of the molecule is CC(C)COCCOCCCCC(C)(N)C(=O)O. The highest BCUT2D eigenvalue weighted by atomic mass is 16.5. The van der Waals surface area contributed by atoms with Crippen molar-refractivity contribution in [3.8, 4) is 0 Å². The third kappa shape index (κ3) is 9.39. The summed E-state index contributed by atoms with van der Waals surface area (Å²) in [6.07, 6.45) is 2.05. The van der Waals surface area contributed by atoms with Crippen molar-refractivity contribution in [2.75, 3.05) is 26.4 Å². The first-order chi connectivity index (χ1) is 8.36. The average Bonchev–Trinajstić information content (AvgIpc) is 2.26. The van der Waals surface area contributed by atoms with E-state index in [9.17, 15) is 4.79 Å². The number of hydrogen-bond acceptors (Lipinski definition) is 4. The van der Waals surface area contributed by atoms with Crippen LogP contribution in [0.2, 0.25) is 0 Å². The number of carboxylic acid groups (broad SMARTS) is 1. The Hall–Kier alpha value is -0.650. The molecule has 1 unspecified atom stereocenters. The normalized spacial score (nSPS) is 14.7. The lowest BCUT2D eigenvalue weighted by atomic mass is 9.97. The molecule has 1 atom stereocenters. The molecule has 108 valence electrons. The summed E-state index contributed by atoms with van der Waals surface area (Å²) in [5.74, 6) is -0.409. The fourth-order valence-corrected chi connectivity index (χ4v) is 1.34. The molecular formula is C13H27NO4. The van der Waals surface area contributed by atoms with Crippen molar-refractivity contribution in [1.82, 2.24) is 0 Å². The van der Waals surface area contributed by atoms with Gasteiger partial charge in [0.2, 0.25) is 0 Å². The minimum atomic E-state index is -1.12. The first-order valence-corrected chi connectivity index (χ1v) is 6.54. The van der Waals surface area contributed by atoms with Crippen molar-refractivity contribution >= 4 is 5.97 Å². The quantitative estimate of drug-likeness (QED) is 0.553. The van der Waals surface area contributed by atoms with Crippen LogP contribution in [0.25, 0.3) is 0 Å². The molecule has 0 saturated carbocycles. The number of carbonyl (C=O) groups is 1. The summed E-state index contributed by atoms with van der Waals surface area (Å²) < 4.78 is 10.7. The fourth-order valence-electron chi connectivity index (χ4n) is 1.34. The zero-order valence-electron chi connectivity index (χ0n) is 11.8. The molecule has 0 aromatic heterocycles. The Morgan fingerprint density at radius 2 is 1.83 bits per heavy atom. The maximum Gasteiger partial charge on any atom is 0.323 e.